The number of ether oxygens (including phenoxy) is 2. The lowest BCUT2D eigenvalue weighted by molar-refractivity contribution is -0.150. The zero-order valence-corrected chi connectivity index (χ0v) is 13.8. The maximum Gasteiger partial charge on any atom is 0.344 e. The van der Waals surface area contributed by atoms with Crippen LogP contribution in [0.15, 0.2) is 24.3 Å². The van der Waals surface area contributed by atoms with Gasteiger partial charge in [-0.1, -0.05) is 0 Å². The van der Waals surface area contributed by atoms with E-state index in [1.807, 2.05) is 5.32 Å². The molecule has 8 nitrogen and oxygen atoms in total. The Balaban J connectivity index is 2.30. The van der Waals surface area contributed by atoms with E-state index in [9.17, 15) is 19.2 Å². The van der Waals surface area contributed by atoms with Crippen molar-refractivity contribution in [3.63, 3.8) is 0 Å². The van der Waals surface area contributed by atoms with E-state index in [4.69, 9.17) is 4.74 Å². The van der Waals surface area contributed by atoms with Crippen LogP contribution in [0.2, 0.25) is 0 Å². The minimum atomic E-state index is -0.759. The molecule has 0 aliphatic carbocycles. The molecule has 0 heterocycles. The number of esters is 1. The molecule has 0 aromatic heterocycles. The van der Waals surface area contributed by atoms with E-state index in [0.717, 1.165) is 0 Å². The van der Waals surface area contributed by atoms with Crippen LogP contribution in [0.1, 0.15) is 31.1 Å². The molecule has 0 bridgehead atoms. The van der Waals surface area contributed by atoms with Gasteiger partial charge < -0.3 is 14.8 Å². The van der Waals surface area contributed by atoms with Gasteiger partial charge in [0.05, 0.1) is 0 Å². The molecule has 8 heteroatoms. The molecule has 0 unspecified atom stereocenters. The van der Waals surface area contributed by atoms with Gasteiger partial charge in [0.1, 0.15) is 5.75 Å². The third-order valence-corrected chi connectivity index (χ3v) is 2.65. The second kappa shape index (κ2) is 9.29. The molecular weight excluding hydrogens is 316 g/mol. The quantitative estimate of drug-likeness (QED) is 0.569. The lowest BCUT2D eigenvalue weighted by atomic mass is 10.1. The molecule has 0 radical (unpaired) electrons. The van der Waals surface area contributed by atoms with E-state index in [1.54, 1.807) is 38.1 Å². The molecule has 0 fully saturated rings. The predicted molar refractivity (Wildman–Crippen MR) is 84.7 cm³/mol. The number of imide groups is 1. The fourth-order valence-corrected chi connectivity index (χ4v) is 1.58. The van der Waals surface area contributed by atoms with Gasteiger partial charge in [-0.3, -0.25) is 14.9 Å². The Morgan fingerprint density at radius 3 is 2.21 bits per heavy atom. The Kier molecular flexibility index (Phi) is 7.41. The fraction of sp³-hybridized carbons (Fsp3) is 0.375. The van der Waals surface area contributed by atoms with Gasteiger partial charge in [0, 0.05) is 11.6 Å². The lowest BCUT2D eigenvalue weighted by Gasteiger charge is -2.10. The summed E-state index contributed by atoms with van der Waals surface area (Å²) >= 11 is 0. The monoisotopic (exact) mass is 336 g/mol. The van der Waals surface area contributed by atoms with Crippen molar-refractivity contribution in [1.82, 2.24) is 10.6 Å². The van der Waals surface area contributed by atoms with Crippen molar-refractivity contribution in [3.05, 3.63) is 29.8 Å². The topological polar surface area (TPSA) is 111 Å². The van der Waals surface area contributed by atoms with Crippen LogP contribution in [0.4, 0.5) is 4.79 Å². The molecule has 1 rings (SSSR count). The van der Waals surface area contributed by atoms with E-state index >= 15 is 0 Å². The highest BCUT2D eigenvalue weighted by Gasteiger charge is 2.12. The largest absolute Gasteiger partial charge is 0.482 e. The molecule has 0 saturated carbocycles. The Hall–Kier alpha value is -2.90. The Labute approximate surface area is 139 Å². The number of carbonyl (C=O) groups is 4. The summed E-state index contributed by atoms with van der Waals surface area (Å²) in [5, 5.41) is 4.48. The Morgan fingerprint density at radius 2 is 1.67 bits per heavy atom. The number of carbonyl (C=O) groups excluding carboxylic acids is 4. The molecule has 130 valence electrons. The smallest absolute Gasteiger partial charge is 0.344 e. The molecule has 2 N–H and O–H groups in total. The van der Waals surface area contributed by atoms with Crippen molar-refractivity contribution in [2.75, 3.05) is 13.2 Å². The van der Waals surface area contributed by atoms with E-state index < -0.39 is 31.1 Å². The molecule has 0 saturated heterocycles. The number of urea groups is 1. The number of amides is 3. The standard InChI is InChI=1S/C16H20N2O6/c1-10(2)17-16(22)18-14(20)8-24-15(21)9-23-13-6-4-12(5-7-13)11(3)19/h4-7,10H,8-9H2,1-3H3,(H2,17,18,20,22). The predicted octanol–water partition coefficient (Wildman–Crippen LogP) is 1.05. The zero-order chi connectivity index (χ0) is 18.1. The van der Waals surface area contributed by atoms with Gasteiger partial charge in [-0.25, -0.2) is 9.59 Å². The van der Waals surface area contributed by atoms with E-state index in [1.165, 1.54) is 6.92 Å². The average molecular weight is 336 g/mol. The van der Waals surface area contributed by atoms with Crippen LogP contribution in [-0.4, -0.2) is 42.9 Å². The molecule has 0 atom stereocenters. The van der Waals surface area contributed by atoms with Crippen molar-refractivity contribution >= 4 is 23.7 Å². The van der Waals surface area contributed by atoms with Crippen LogP contribution >= 0.6 is 0 Å². The third kappa shape index (κ3) is 7.39. The maximum atomic E-state index is 11.5. The van der Waals surface area contributed by atoms with Crippen LogP contribution in [-0.2, 0) is 14.3 Å². The normalized spacial score (nSPS) is 10.0. The summed E-state index contributed by atoms with van der Waals surface area (Å²) in [6, 6.07) is 5.46. The zero-order valence-electron chi connectivity index (χ0n) is 13.8. The van der Waals surface area contributed by atoms with Crippen LogP contribution in [0.25, 0.3) is 0 Å². The SMILES string of the molecule is CC(=O)c1ccc(OCC(=O)OCC(=O)NC(=O)NC(C)C)cc1. The first-order valence-electron chi connectivity index (χ1n) is 7.27. The maximum absolute atomic E-state index is 11.5. The van der Waals surface area contributed by atoms with Crippen LogP contribution < -0.4 is 15.4 Å². The molecule has 0 aliphatic heterocycles. The van der Waals surface area contributed by atoms with Crippen LogP contribution in [0.3, 0.4) is 0 Å². The Bertz CT molecular complexity index is 609. The van der Waals surface area contributed by atoms with Gasteiger partial charge in [-0.2, -0.15) is 0 Å². The fourth-order valence-electron chi connectivity index (χ4n) is 1.58. The summed E-state index contributed by atoms with van der Waals surface area (Å²) in [4.78, 5) is 45.3. The number of nitrogens with one attached hydrogen (secondary N) is 2. The molecule has 1 aromatic rings. The van der Waals surface area contributed by atoms with Gasteiger partial charge in [-0.15, -0.1) is 0 Å². The first-order valence-corrected chi connectivity index (χ1v) is 7.27. The number of benzene rings is 1. The van der Waals surface area contributed by atoms with Crippen LogP contribution in [0, 0.1) is 0 Å². The summed E-state index contributed by atoms with van der Waals surface area (Å²) < 4.78 is 9.85. The molecular formula is C16H20N2O6. The van der Waals surface area contributed by atoms with Crippen molar-refractivity contribution in [2.24, 2.45) is 0 Å². The second-order valence-electron chi connectivity index (χ2n) is 5.21. The molecule has 0 aliphatic rings. The van der Waals surface area contributed by atoms with E-state index in [-0.39, 0.29) is 11.8 Å². The number of ketones is 1. The van der Waals surface area contributed by atoms with Gasteiger partial charge in [0.25, 0.3) is 5.91 Å². The Morgan fingerprint density at radius 1 is 1.04 bits per heavy atom. The third-order valence-electron chi connectivity index (χ3n) is 2.65. The molecule has 1 aromatic carbocycles. The van der Waals surface area contributed by atoms with E-state index in [0.29, 0.717) is 11.3 Å². The summed E-state index contributed by atoms with van der Waals surface area (Å²) in [7, 11) is 0. The number of hydrogen-bond donors (Lipinski definition) is 2. The summed E-state index contributed by atoms with van der Waals surface area (Å²) in [6.07, 6.45) is 0. The first kappa shape index (κ1) is 19.1. The van der Waals surface area contributed by atoms with Crippen LogP contribution in [0.5, 0.6) is 5.75 Å². The van der Waals surface area contributed by atoms with Gasteiger partial charge in [0.15, 0.2) is 19.0 Å². The summed E-state index contributed by atoms with van der Waals surface area (Å²) in [5.74, 6) is -1.19. The minimum Gasteiger partial charge on any atom is -0.482 e. The van der Waals surface area contributed by atoms with Gasteiger partial charge in [0.2, 0.25) is 0 Å². The van der Waals surface area contributed by atoms with Gasteiger partial charge in [-0.05, 0) is 45.0 Å². The molecule has 3 amide bonds. The highest BCUT2D eigenvalue weighted by molar-refractivity contribution is 5.95. The summed E-state index contributed by atoms with van der Waals surface area (Å²) in [6.45, 7) is 3.94. The van der Waals surface area contributed by atoms with Crippen molar-refractivity contribution < 1.29 is 28.7 Å². The highest BCUT2D eigenvalue weighted by atomic mass is 16.6. The van der Waals surface area contributed by atoms with Crippen molar-refractivity contribution in [1.29, 1.82) is 0 Å². The number of rotatable bonds is 7. The van der Waals surface area contributed by atoms with Crippen molar-refractivity contribution in [3.8, 4) is 5.75 Å². The molecule has 24 heavy (non-hydrogen) atoms. The summed E-state index contributed by atoms with van der Waals surface area (Å²) in [5.41, 5.74) is 0.529. The lowest BCUT2D eigenvalue weighted by Crippen LogP contribution is -2.44. The minimum absolute atomic E-state index is 0.0755. The average Bonchev–Trinajstić information content (AvgIpc) is 2.50. The number of Topliss-reactive ketones (excluding diaryl/α,β-unsaturated/α-hetero) is 1. The van der Waals surface area contributed by atoms with Crippen molar-refractivity contribution in [2.45, 2.75) is 26.8 Å². The van der Waals surface area contributed by atoms with E-state index in [2.05, 4.69) is 10.1 Å². The number of hydrogen-bond acceptors (Lipinski definition) is 6. The second-order valence-corrected chi connectivity index (χ2v) is 5.21. The highest BCUT2D eigenvalue weighted by Crippen LogP contribution is 2.12. The van der Waals surface area contributed by atoms with Gasteiger partial charge >= 0.3 is 12.0 Å². The first-order chi connectivity index (χ1) is 11.3. The molecule has 0 spiro atoms.